The number of ether oxygens (including phenoxy) is 3. The molecule has 1 atom stereocenters. The van der Waals surface area contributed by atoms with Crippen LogP contribution in [0.4, 0.5) is 0 Å². The van der Waals surface area contributed by atoms with Crippen LogP contribution in [0.2, 0.25) is 0 Å². The second kappa shape index (κ2) is 5.54. The first-order chi connectivity index (χ1) is 8.01. The molecule has 0 bridgehead atoms. The molecular formula is C12H17NO4. The summed E-state index contributed by atoms with van der Waals surface area (Å²) in [5, 5.41) is 0. The van der Waals surface area contributed by atoms with Gasteiger partial charge in [0.05, 0.1) is 14.2 Å². The third kappa shape index (κ3) is 3.35. The van der Waals surface area contributed by atoms with Crippen LogP contribution >= 0.6 is 0 Å². The maximum Gasteiger partial charge on any atom is 0.329 e. The summed E-state index contributed by atoms with van der Waals surface area (Å²) in [6, 6.07) is 7.14. The third-order valence-corrected chi connectivity index (χ3v) is 2.25. The van der Waals surface area contributed by atoms with Gasteiger partial charge in [-0.15, -0.1) is 0 Å². The lowest BCUT2D eigenvalue weighted by molar-refractivity contribution is -0.147. The van der Waals surface area contributed by atoms with Gasteiger partial charge in [0.2, 0.25) is 0 Å². The number of carbonyl (C=O) groups excluding carboxylic acids is 1. The van der Waals surface area contributed by atoms with Gasteiger partial charge >= 0.3 is 5.97 Å². The number of rotatable bonds is 5. The van der Waals surface area contributed by atoms with Crippen molar-refractivity contribution in [2.45, 2.75) is 12.5 Å². The van der Waals surface area contributed by atoms with Crippen molar-refractivity contribution in [2.24, 2.45) is 5.73 Å². The molecule has 0 spiro atoms. The molecule has 0 aliphatic carbocycles. The molecule has 5 nitrogen and oxygen atoms in total. The van der Waals surface area contributed by atoms with Crippen LogP contribution in [-0.4, -0.2) is 32.3 Å². The summed E-state index contributed by atoms with van der Waals surface area (Å²) in [7, 11) is 2.83. The normalized spacial score (nSPS) is 13.6. The van der Waals surface area contributed by atoms with Crippen molar-refractivity contribution in [1.82, 2.24) is 0 Å². The smallest absolute Gasteiger partial charge is 0.329 e. The van der Waals surface area contributed by atoms with E-state index in [9.17, 15) is 4.79 Å². The first-order valence-electron chi connectivity index (χ1n) is 5.14. The highest BCUT2D eigenvalue weighted by Crippen LogP contribution is 2.26. The van der Waals surface area contributed by atoms with Crippen LogP contribution in [0.25, 0.3) is 0 Å². The van der Waals surface area contributed by atoms with Gasteiger partial charge in [-0.25, -0.2) is 4.79 Å². The van der Waals surface area contributed by atoms with E-state index in [1.807, 2.05) is 12.1 Å². The average molecular weight is 239 g/mol. The molecule has 94 valence electrons. The zero-order chi connectivity index (χ0) is 12.9. The fourth-order valence-electron chi connectivity index (χ4n) is 1.26. The Balaban J connectivity index is 2.70. The number of benzene rings is 1. The average Bonchev–Trinajstić information content (AvgIpc) is 2.35. The lowest BCUT2D eigenvalue weighted by Crippen LogP contribution is -2.50. The molecule has 0 aliphatic rings. The van der Waals surface area contributed by atoms with E-state index in [1.165, 1.54) is 7.11 Å². The van der Waals surface area contributed by atoms with Crippen molar-refractivity contribution in [3.63, 3.8) is 0 Å². The molecule has 0 saturated heterocycles. The minimum atomic E-state index is -1.18. The standard InChI is InChI=1S/C12H17NO4/c1-12(13,11(14)16-3)8-17-10-7-5-4-6-9(10)15-2/h4-7H,8,13H2,1-3H3. The number of nitrogens with two attached hydrogens (primary N) is 1. The van der Waals surface area contributed by atoms with Gasteiger partial charge in [0, 0.05) is 0 Å². The Morgan fingerprint density at radius 3 is 2.41 bits per heavy atom. The van der Waals surface area contributed by atoms with E-state index in [1.54, 1.807) is 26.2 Å². The van der Waals surface area contributed by atoms with Gasteiger partial charge in [0.1, 0.15) is 12.1 Å². The maximum absolute atomic E-state index is 11.4. The van der Waals surface area contributed by atoms with Crippen LogP contribution in [-0.2, 0) is 9.53 Å². The van der Waals surface area contributed by atoms with Crippen molar-refractivity contribution in [2.75, 3.05) is 20.8 Å². The second-order valence-electron chi connectivity index (χ2n) is 3.85. The summed E-state index contributed by atoms with van der Waals surface area (Å²) in [5.74, 6) is 0.608. The molecule has 0 aromatic heterocycles. The summed E-state index contributed by atoms with van der Waals surface area (Å²) in [5.41, 5.74) is 4.58. The van der Waals surface area contributed by atoms with E-state index < -0.39 is 11.5 Å². The topological polar surface area (TPSA) is 70.8 Å². The zero-order valence-electron chi connectivity index (χ0n) is 10.2. The lowest BCUT2D eigenvalue weighted by atomic mass is 10.1. The fraction of sp³-hybridized carbons (Fsp3) is 0.417. The van der Waals surface area contributed by atoms with E-state index in [2.05, 4.69) is 4.74 Å². The number of esters is 1. The minimum Gasteiger partial charge on any atom is -0.493 e. The zero-order valence-corrected chi connectivity index (χ0v) is 10.2. The third-order valence-electron chi connectivity index (χ3n) is 2.25. The van der Waals surface area contributed by atoms with Crippen LogP contribution < -0.4 is 15.2 Å². The quantitative estimate of drug-likeness (QED) is 0.775. The molecule has 17 heavy (non-hydrogen) atoms. The largest absolute Gasteiger partial charge is 0.493 e. The molecular weight excluding hydrogens is 222 g/mol. The fourth-order valence-corrected chi connectivity index (χ4v) is 1.26. The molecule has 0 heterocycles. The van der Waals surface area contributed by atoms with E-state index >= 15 is 0 Å². The summed E-state index contributed by atoms with van der Waals surface area (Å²) in [6.45, 7) is 1.56. The molecule has 0 fully saturated rings. The van der Waals surface area contributed by atoms with Crippen molar-refractivity contribution in [3.05, 3.63) is 24.3 Å². The first-order valence-corrected chi connectivity index (χ1v) is 5.14. The number of methoxy groups -OCH3 is 2. The molecule has 1 unspecified atom stereocenters. The summed E-state index contributed by atoms with van der Waals surface area (Å²) >= 11 is 0. The minimum absolute atomic E-state index is 0.0139. The van der Waals surface area contributed by atoms with E-state index in [0.29, 0.717) is 11.5 Å². The molecule has 0 radical (unpaired) electrons. The van der Waals surface area contributed by atoms with Gasteiger partial charge in [0.15, 0.2) is 11.5 Å². The predicted octanol–water partition coefficient (Wildman–Crippen LogP) is 0.964. The molecule has 1 aromatic carbocycles. The number of carbonyl (C=O) groups is 1. The molecule has 2 N–H and O–H groups in total. The van der Waals surface area contributed by atoms with Gasteiger partial charge in [-0.05, 0) is 19.1 Å². The highest BCUT2D eigenvalue weighted by molar-refractivity contribution is 5.80. The van der Waals surface area contributed by atoms with Crippen LogP contribution in [0.15, 0.2) is 24.3 Å². The van der Waals surface area contributed by atoms with Crippen LogP contribution in [0.3, 0.4) is 0 Å². The van der Waals surface area contributed by atoms with Crippen LogP contribution in [0.1, 0.15) is 6.92 Å². The monoisotopic (exact) mass is 239 g/mol. The Morgan fingerprint density at radius 2 is 1.88 bits per heavy atom. The Labute approximate surface area is 100 Å². The second-order valence-corrected chi connectivity index (χ2v) is 3.85. The predicted molar refractivity (Wildman–Crippen MR) is 63.1 cm³/mol. The van der Waals surface area contributed by atoms with Crippen LogP contribution in [0.5, 0.6) is 11.5 Å². The SMILES string of the molecule is COC(=O)C(C)(N)COc1ccccc1OC. The van der Waals surface area contributed by atoms with Gasteiger partial charge < -0.3 is 19.9 Å². The Hall–Kier alpha value is -1.75. The van der Waals surface area contributed by atoms with Gasteiger partial charge in [-0.2, -0.15) is 0 Å². The number of para-hydroxylation sites is 2. The van der Waals surface area contributed by atoms with Crippen molar-refractivity contribution in [3.8, 4) is 11.5 Å². The van der Waals surface area contributed by atoms with E-state index in [-0.39, 0.29) is 6.61 Å². The van der Waals surface area contributed by atoms with Crippen molar-refractivity contribution >= 4 is 5.97 Å². The highest BCUT2D eigenvalue weighted by Gasteiger charge is 2.30. The maximum atomic E-state index is 11.4. The Bertz CT molecular complexity index is 390. The summed E-state index contributed by atoms with van der Waals surface area (Å²) in [6.07, 6.45) is 0. The lowest BCUT2D eigenvalue weighted by Gasteiger charge is -2.22. The van der Waals surface area contributed by atoms with E-state index in [0.717, 1.165) is 0 Å². The van der Waals surface area contributed by atoms with Gasteiger partial charge in [-0.1, -0.05) is 12.1 Å². The van der Waals surface area contributed by atoms with Crippen molar-refractivity contribution < 1.29 is 19.0 Å². The van der Waals surface area contributed by atoms with Crippen LogP contribution in [0, 0.1) is 0 Å². The molecule has 0 saturated carbocycles. The molecule has 1 aromatic rings. The van der Waals surface area contributed by atoms with Gasteiger partial charge in [0.25, 0.3) is 0 Å². The number of hydrogen-bond acceptors (Lipinski definition) is 5. The molecule has 5 heteroatoms. The Morgan fingerprint density at radius 1 is 1.29 bits per heavy atom. The van der Waals surface area contributed by atoms with Gasteiger partial charge in [-0.3, -0.25) is 0 Å². The molecule has 1 rings (SSSR count). The molecule has 0 amide bonds. The van der Waals surface area contributed by atoms with Crippen molar-refractivity contribution in [1.29, 1.82) is 0 Å². The molecule has 0 aliphatic heterocycles. The summed E-state index contributed by atoms with van der Waals surface area (Å²) < 4.78 is 15.2. The number of hydrogen-bond donors (Lipinski definition) is 1. The first kappa shape index (κ1) is 13.3. The Kier molecular flexibility index (Phi) is 4.34. The summed E-state index contributed by atoms with van der Waals surface area (Å²) in [4.78, 5) is 11.4. The van der Waals surface area contributed by atoms with E-state index in [4.69, 9.17) is 15.2 Å². The highest BCUT2D eigenvalue weighted by atomic mass is 16.5.